The van der Waals surface area contributed by atoms with Crippen molar-refractivity contribution in [3.05, 3.63) is 0 Å². The third-order valence-electron chi connectivity index (χ3n) is 2.98. The lowest BCUT2D eigenvalue weighted by molar-refractivity contribution is -0.156. The molecule has 3 N–H and O–H groups in total. The van der Waals surface area contributed by atoms with E-state index < -0.39 is 11.6 Å². The van der Waals surface area contributed by atoms with Crippen LogP contribution in [0.15, 0.2) is 0 Å². The average Bonchev–Trinajstić information content (AvgIpc) is 2.36. The first-order valence-electron chi connectivity index (χ1n) is 8.01. The zero-order valence-electron chi connectivity index (χ0n) is 14.0. The first-order valence-corrected chi connectivity index (χ1v) is 8.01. The van der Waals surface area contributed by atoms with E-state index in [-0.39, 0.29) is 11.9 Å². The number of esters is 1. The normalized spacial score (nSPS) is 12.8. The summed E-state index contributed by atoms with van der Waals surface area (Å²) in [6, 6.07) is -0.579. The maximum Gasteiger partial charge on any atom is 0.323 e. The average molecular weight is 300 g/mol. The van der Waals surface area contributed by atoms with Gasteiger partial charge in [0.2, 0.25) is 5.91 Å². The standard InChI is InChI=1S/C16H32N2O3/c1-5-6-7-11-14(19)18-12-9-8-10-13(17)15(20)21-16(2,3)4/h13H,5-12,17H2,1-4H3,(H,18,19). The first kappa shape index (κ1) is 19.9. The van der Waals surface area contributed by atoms with Crippen LogP contribution in [0.25, 0.3) is 0 Å². The summed E-state index contributed by atoms with van der Waals surface area (Å²) in [6.45, 7) is 8.24. The van der Waals surface area contributed by atoms with Gasteiger partial charge in [-0.15, -0.1) is 0 Å². The maximum atomic E-state index is 11.7. The Labute approximate surface area is 129 Å². The van der Waals surface area contributed by atoms with Crippen LogP contribution in [0.1, 0.15) is 72.6 Å². The summed E-state index contributed by atoms with van der Waals surface area (Å²) in [4.78, 5) is 23.1. The molecular weight excluding hydrogens is 268 g/mol. The molecule has 0 aliphatic carbocycles. The van der Waals surface area contributed by atoms with Crippen molar-refractivity contribution in [3.63, 3.8) is 0 Å². The van der Waals surface area contributed by atoms with Gasteiger partial charge in [0.1, 0.15) is 11.6 Å². The zero-order valence-corrected chi connectivity index (χ0v) is 14.0. The highest BCUT2D eigenvalue weighted by Gasteiger charge is 2.21. The molecule has 0 aliphatic heterocycles. The summed E-state index contributed by atoms with van der Waals surface area (Å²) in [7, 11) is 0. The Balaban J connectivity index is 3.62. The van der Waals surface area contributed by atoms with E-state index in [1.54, 1.807) is 0 Å². The minimum Gasteiger partial charge on any atom is -0.459 e. The number of carbonyl (C=O) groups is 2. The summed E-state index contributed by atoms with van der Waals surface area (Å²) >= 11 is 0. The fourth-order valence-electron chi connectivity index (χ4n) is 1.84. The van der Waals surface area contributed by atoms with Crippen LogP contribution in [-0.4, -0.2) is 30.1 Å². The fourth-order valence-corrected chi connectivity index (χ4v) is 1.84. The van der Waals surface area contributed by atoms with E-state index in [9.17, 15) is 9.59 Å². The van der Waals surface area contributed by atoms with Gasteiger partial charge in [-0.25, -0.2) is 0 Å². The highest BCUT2D eigenvalue weighted by atomic mass is 16.6. The molecule has 21 heavy (non-hydrogen) atoms. The van der Waals surface area contributed by atoms with Gasteiger partial charge in [-0.2, -0.15) is 0 Å². The number of nitrogens with one attached hydrogen (secondary N) is 1. The predicted octanol–water partition coefficient (Wildman–Crippen LogP) is 2.52. The molecule has 1 atom stereocenters. The zero-order chi connectivity index (χ0) is 16.3. The number of hydrogen-bond donors (Lipinski definition) is 2. The molecule has 0 aromatic rings. The summed E-state index contributed by atoms with van der Waals surface area (Å²) in [6.07, 6.45) is 5.98. The number of rotatable bonds is 10. The molecule has 0 bridgehead atoms. The van der Waals surface area contributed by atoms with Crippen molar-refractivity contribution in [1.29, 1.82) is 0 Å². The van der Waals surface area contributed by atoms with Gasteiger partial charge >= 0.3 is 5.97 Å². The number of ether oxygens (including phenoxy) is 1. The molecule has 0 aromatic heterocycles. The molecule has 0 saturated heterocycles. The van der Waals surface area contributed by atoms with Crippen LogP contribution < -0.4 is 11.1 Å². The number of hydrogen-bond acceptors (Lipinski definition) is 4. The second-order valence-corrected chi connectivity index (χ2v) is 6.44. The van der Waals surface area contributed by atoms with Crippen molar-refractivity contribution in [3.8, 4) is 0 Å². The fraction of sp³-hybridized carbons (Fsp3) is 0.875. The Morgan fingerprint density at radius 3 is 2.38 bits per heavy atom. The molecular formula is C16H32N2O3. The van der Waals surface area contributed by atoms with E-state index in [4.69, 9.17) is 10.5 Å². The van der Waals surface area contributed by atoms with E-state index in [1.165, 1.54) is 0 Å². The number of amides is 1. The third-order valence-corrected chi connectivity index (χ3v) is 2.98. The molecule has 0 saturated carbocycles. The summed E-state index contributed by atoms with van der Waals surface area (Å²) in [5.74, 6) is -0.244. The minimum absolute atomic E-state index is 0.111. The first-order chi connectivity index (χ1) is 9.76. The molecule has 124 valence electrons. The van der Waals surface area contributed by atoms with Gasteiger partial charge in [-0.05, 0) is 46.5 Å². The third kappa shape index (κ3) is 12.4. The molecule has 0 aliphatic rings. The lowest BCUT2D eigenvalue weighted by atomic mass is 10.1. The SMILES string of the molecule is CCCCCC(=O)NCCCCC(N)C(=O)OC(C)(C)C. The minimum atomic E-state index is -0.579. The highest BCUT2D eigenvalue weighted by Crippen LogP contribution is 2.10. The number of nitrogens with two attached hydrogens (primary N) is 1. The van der Waals surface area contributed by atoms with Crippen LogP contribution in [0.2, 0.25) is 0 Å². The second-order valence-electron chi connectivity index (χ2n) is 6.44. The molecule has 0 heterocycles. The van der Waals surface area contributed by atoms with Crippen molar-refractivity contribution in [2.45, 2.75) is 84.3 Å². The summed E-state index contributed by atoms with van der Waals surface area (Å²) < 4.78 is 5.22. The van der Waals surface area contributed by atoms with Crippen LogP contribution in [0.3, 0.4) is 0 Å². The Kier molecular flexibility index (Phi) is 10.0. The smallest absolute Gasteiger partial charge is 0.323 e. The van der Waals surface area contributed by atoms with Gasteiger partial charge in [-0.1, -0.05) is 19.8 Å². The van der Waals surface area contributed by atoms with E-state index in [1.807, 2.05) is 20.8 Å². The molecule has 1 amide bonds. The summed E-state index contributed by atoms with van der Waals surface area (Å²) in [5.41, 5.74) is 5.29. The van der Waals surface area contributed by atoms with Gasteiger partial charge in [-0.3, -0.25) is 9.59 Å². The Bertz CT molecular complexity index is 311. The Morgan fingerprint density at radius 2 is 1.81 bits per heavy atom. The van der Waals surface area contributed by atoms with Crippen molar-refractivity contribution in [1.82, 2.24) is 5.32 Å². The van der Waals surface area contributed by atoms with Crippen LogP contribution in [0, 0.1) is 0 Å². The van der Waals surface area contributed by atoms with E-state index >= 15 is 0 Å². The van der Waals surface area contributed by atoms with Gasteiger partial charge in [0.05, 0.1) is 0 Å². The van der Waals surface area contributed by atoms with E-state index in [0.717, 1.165) is 32.1 Å². The molecule has 0 fully saturated rings. The molecule has 0 rings (SSSR count). The molecule has 5 heteroatoms. The van der Waals surface area contributed by atoms with Crippen LogP contribution in [0.5, 0.6) is 0 Å². The Morgan fingerprint density at radius 1 is 1.14 bits per heavy atom. The van der Waals surface area contributed by atoms with Gasteiger partial charge in [0.25, 0.3) is 0 Å². The quantitative estimate of drug-likeness (QED) is 0.480. The Hall–Kier alpha value is -1.10. The van der Waals surface area contributed by atoms with Gasteiger partial charge < -0.3 is 15.8 Å². The molecule has 5 nitrogen and oxygen atoms in total. The largest absolute Gasteiger partial charge is 0.459 e. The number of unbranched alkanes of at least 4 members (excludes halogenated alkanes) is 3. The number of carbonyl (C=O) groups excluding carboxylic acids is 2. The summed E-state index contributed by atoms with van der Waals surface area (Å²) in [5, 5.41) is 2.89. The second kappa shape index (κ2) is 10.6. The van der Waals surface area contributed by atoms with E-state index in [0.29, 0.717) is 19.4 Å². The molecule has 0 radical (unpaired) electrons. The lowest BCUT2D eigenvalue weighted by Crippen LogP contribution is -2.37. The lowest BCUT2D eigenvalue weighted by Gasteiger charge is -2.22. The van der Waals surface area contributed by atoms with Gasteiger partial charge in [0.15, 0.2) is 0 Å². The van der Waals surface area contributed by atoms with Crippen molar-refractivity contribution >= 4 is 11.9 Å². The highest BCUT2D eigenvalue weighted by molar-refractivity contribution is 5.76. The van der Waals surface area contributed by atoms with Crippen molar-refractivity contribution in [2.24, 2.45) is 5.73 Å². The van der Waals surface area contributed by atoms with Crippen molar-refractivity contribution < 1.29 is 14.3 Å². The van der Waals surface area contributed by atoms with Crippen LogP contribution in [-0.2, 0) is 14.3 Å². The van der Waals surface area contributed by atoms with Crippen LogP contribution >= 0.6 is 0 Å². The molecule has 1 unspecified atom stereocenters. The van der Waals surface area contributed by atoms with Crippen molar-refractivity contribution in [2.75, 3.05) is 6.54 Å². The predicted molar refractivity (Wildman–Crippen MR) is 84.8 cm³/mol. The van der Waals surface area contributed by atoms with Gasteiger partial charge in [0, 0.05) is 13.0 Å². The topological polar surface area (TPSA) is 81.4 Å². The van der Waals surface area contributed by atoms with Crippen LogP contribution in [0.4, 0.5) is 0 Å². The maximum absolute atomic E-state index is 11.7. The monoisotopic (exact) mass is 300 g/mol. The van der Waals surface area contributed by atoms with E-state index in [2.05, 4.69) is 12.2 Å². The molecule has 0 aromatic carbocycles. The molecule has 0 spiro atoms.